The molecule has 0 radical (unpaired) electrons. The molecule has 0 saturated carbocycles. The molecule has 2 amide bonds. The van der Waals surface area contributed by atoms with E-state index in [9.17, 15) is 9.59 Å². The van der Waals surface area contributed by atoms with E-state index in [-0.39, 0.29) is 17.9 Å². The molecule has 3 aromatic rings. The zero-order chi connectivity index (χ0) is 32.5. The number of nitrogens with one attached hydrogen (secondary N) is 2. The van der Waals surface area contributed by atoms with Gasteiger partial charge in [-0.15, -0.1) is 0 Å². The molecule has 1 aromatic heterocycles. The molecule has 10 nitrogen and oxygen atoms in total. The number of H-pyrrole nitrogens is 1. The lowest BCUT2D eigenvalue weighted by Crippen LogP contribution is -2.51. The smallest absolute Gasteiger partial charge is 0.488 e. The minimum absolute atomic E-state index is 0.0869. The third-order valence-electron chi connectivity index (χ3n) is 10.5. The second-order valence-electron chi connectivity index (χ2n) is 14.3. The summed E-state index contributed by atoms with van der Waals surface area (Å²) in [6, 6.07) is 9.95. The molecule has 1 aliphatic carbocycles. The first-order chi connectivity index (χ1) is 21.9. The highest BCUT2D eigenvalue weighted by Gasteiger charge is 2.52. The molecular weight excluding hydrogens is 583 g/mol. The van der Waals surface area contributed by atoms with Crippen molar-refractivity contribution in [3.05, 3.63) is 53.0 Å². The molecule has 4 heterocycles. The Bertz CT molecular complexity index is 1700. The molecule has 0 unspecified atom stereocenters. The topological polar surface area (TPSA) is 115 Å². The fraction of sp³-hybridized carbons (Fsp3) is 0.514. The average Bonchev–Trinajstić information content (AvgIpc) is 3.73. The van der Waals surface area contributed by atoms with Crippen molar-refractivity contribution < 1.29 is 28.4 Å². The van der Waals surface area contributed by atoms with Gasteiger partial charge in [0.05, 0.1) is 30.0 Å². The molecule has 2 saturated heterocycles. The van der Waals surface area contributed by atoms with E-state index < -0.39 is 30.5 Å². The van der Waals surface area contributed by atoms with Crippen molar-refractivity contribution in [1.82, 2.24) is 20.2 Å². The zero-order valence-corrected chi connectivity index (χ0v) is 27.8. The summed E-state index contributed by atoms with van der Waals surface area (Å²) in [5.74, 6) is 1.44. The molecule has 2 fully saturated rings. The van der Waals surface area contributed by atoms with Crippen LogP contribution in [0.1, 0.15) is 83.1 Å². The first kappa shape index (κ1) is 30.8. The maximum atomic E-state index is 13.7. The van der Waals surface area contributed by atoms with Crippen LogP contribution in [0.15, 0.2) is 30.3 Å². The van der Waals surface area contributed by atoms with Crippen molar-refractivity contribution in [3.63, 3.8) is 0 Å². The van der Waals surface area contributed by atoms with Crippen LogP contribution in [0.2, 0.25) is 0 Å². The largest absolute Gasteiger partial charge is 0.494 e. The lowest BCUT2D eigenvalue weighted by atomic mass is 9.76. The molecule has 46 heavy (non-hydrogen) atoms. The SMILES string of the molecule is COC(=O)N[C@H](C(=O)N1CCC[C@H]1c1nc2c([nH]1)CCc1cc3c(cc1-2)OCc1cc(B2OC(C)(C)C(C)(C)O2)ccc1-3)C(C)C. The van der Waals surface area contributed by atoms with Crippen molar-refractivity contribution >= 4 is 24.6 Å². The first-order valence-electron chi connectivity index (χ1n) is 16.4. The number of alkyl carbamates (subject to hydrolysis) is 1. The number of rotatable bonds is 5. The minimum Gasteiger partial charge on any atom is -0.488 e. The normalized spacial score (nSPS) is 21.2. The molecule has 2 N–H and O–H groups in total. The van der Waals surface area contributed by atoms with Crippen molar-refractivity contribution in [1.29, 1.82) is 0 Å². The average molecular weight is 627 g/mol. The fourth-order valence-corrected chi connectivity index (χ4v) is 7.10. The highest BCUT2D eigenvalue weighted by atomic mass is 16.7. The number of carbonyl (C=O) groups excluding carboxylic acids is 2. The summed E-state index contributed by atoms with van der Waals surface area (Å²) in [4.78, 5) is 36.2. The third kappa shape index (κ3) is 5.08. The van der Waals surface area contributed by atoms with Crippen molar-refractivity contribution in [2.24, 2.45) is 5.92 Å². The minimum atomic E-state index is -0.669. The monoisotopic (exact) mass is 626 g/mol. The Morgan fingerprint density at radius 3 is 2.52 bits per heavy atom. The Hall–Kier alpha value is -3.83. The van der Waals surface area contributed by atoms with Crippen LogP contribution >= 0.6 is 0 Å². The zero-order valence-electron chi connectivity index (χ0n) is 27.8. The lowest BCUT2D eigenvalue weighted by molar-refractivity contribution is -0.135. The number of hydrogen-bond donors (Lipinski definition) is 2. The molecule has 4 aliphatic rings. The van der Waals surface area contributed by atoms with Crippen LogP contribution in [-0.2, 0) is 38.3 Å². The number of likely N-dealkylation sites (tertiary alicyclic amines) is 1. The third-order valence-corrected chi connectivity index (χ3v) is 10.5. The second-order valence-corrected chi connectivity index (χ2v) is 14.3. The van der Waals surface area contributed by atoms with E-state index in [1.807, 2.05) is 18.7 Å². The molecule has 3 aliphatic heterocycles. The van der Waals surface area contributed by atoms with Crippen LogP contribution in [-0.4, -0.2) is 64.9 Å². The summed E-state index contributed by atoms with van der Waals surface area (Å²) in [5, 5.41) is 2.73. The van der Waals surface area contributed by atoms with Gasteiger partial charge in [-0.25, -0.2) is 9.78 Å². The number of nitrogens with zero attached hydrogens (tertiary/aromatic N) is 2. The van der Waals surface area contributed by atoms with Gasteiger partial charge in [-0.1, -0.05) is 32.0 Å². The summed E-state index contributed by atoms with van der Waals surface area (Å²) >= 11 is 0. The van der Waals surface area contributed by atoms with Gasteiger partial charge in [-0.3, -0.25) is 4.79 Å². The number of aryl methyl sites for hydroxylation is 2. The first-order valence-corrected chi connectivity index (χ1v) is 16.4. The van der Waals surface area contributed by atoms with E-state index >= 15 is 0 Å². The van der Waals surface area contributed by atoms with Crippen LogP contribution in [0.5, 0.6) is 5.75 Å². The maximum absolute atomic E-state index is 13.7. The Kier molecular flexibility index (Phi) is 7.47. The Balaban J connectivity index is 1.16. The highest BCUT2D eigenvalue weighted by molar-refractivity contribution is 6.62. The number of methoxy groups -OCH3 is 1. The van der Waals surface area contributed by atoms with Crippen LogP contribution in [0, 0.1) is 5.92 Å². The van der Waals surface area contributed by atoms with Gasteiger partial charge in [0.2, 0.25) is 5.91 Å². The number of imidazole rings is 1. The predicted molar refractivity (Wildman–Crippen MR) is 175 cm³/mol. The van der Waals surface area contributed by atoms with Gasteiger partial charge in [-0.05, 0) is 93.6 Å². The van der Waals surface area contributed by atoms with Crippen molar-refractivity contribution in [2.45, 2.75) is 97.1 Å². The van der Waals surface area contributed by atoms with Gasteiger partial charge in [0.1, 0.15) is 24.2 Å². The molecular formula is C35H43BN4O6. The quantitative estimate of drug-likeness (QED) is 0.380. The Morgan fingerprint density at radius 2 is 1.80 bits per heavy atom. The molecule has 242 valence electrons. The molecule has 0 spiro atoms. The Labute approximate surface area is 270 Å². The standard InChI is InChI=1S/C35H43BN4O6/c1-19(2)29(39-33(42)43-7)32(41)40-14-8-9-27(40)31-37-26-13-10-20-16-25-23-12-11-22(36-45-34(3,4)35(5,6)46-36)15-21(23)18-44-28(25)17-24(20)30(26)38-31/h11-12,15-17,19,27,29H,8-10,13-14,18H2,1-7H3,(H,37,38)(H,39,42)/t27-,29-/m0/s1. The van der Waals surface area contributed by atoms with Crippen LogP contribution in [0.4, 0.5) is 4.79 Å². The van der Waals surface area contributed by atoms with Crippen LogP contribution in [0.25, 0.3) is 22.4 Å². The van der Waals surface area contributed by atoms with E-state index in [2.05, 4.69) is 68.3 Å². The van der Waals surface area contributed by atoms with E-state index in [0.717, 1.165) is 70.8 Å². The predicted octanol–water partition coefficient (Wildman–Crippen LogP) is 5.08. The number of benzene rings is 2. The maximum Gasteiger partial charge on any atom is 0.494 e. The highest BCUT2D eigenvalue weighted by Crippen LogP contribution is 2.45. The summed E-state index contributed by atoms with van der Waals surface area (Å²) in [6.07, 6.45) is 2.79. The number of carbonyl (C=O) groups is 2. The summed E-state index contributed by atoms with van der Waals surface area (Å²) < 4.78 is 23.7. The molecule has 7 rings (SSSR count). The summed E-state index contributed by atoms with van der Waals surface area (Å²) in [5.41, 5.74) is 7.88. The second kappa shape index (κ2) is 11.2. The Morgan fingerprint density at radius 1 is 1.04 bits per heavy atom. The summed E-state index contributed by atoms with van der Waals surface area (Å²) in [7, 11) is 0.889. The van der Waals surface area contributed by atoms with Crippen LogP contribution < -0.4 is 15.5 Å². The van der Waals surface area contributed by atoms with E-state index in [0.29, 0.717) is 13.2 Å². The molecule has 2 aromatic carbocycles. The van der Waals surface area contributed by atoms with Gasteiger partial charge in [-0.2, -0.15) is 0 Å². The molecule has 0 bridgehead atoms. The van der Waals surface area contributed by atoms with Gasteiger partial charge < -0.3 is 34.0 Å². The van der Waals surface area contributed by atoms with Gasteiger partial charge >= 0.3 is 13.2 Å². The number of ether oxygens (including phenoxy) is 2. The van der Waals surface area contributed by atoms with E-state index in [1.165, 1.54) is 18.2 Å². The number of fused-ring (bicyclic) bond motifs is 6. The summed E-state index contributed by atoms with van der Waals surface area (Å²) in [6.45, 7) is 13.2. The molecule has 11 heteroatoms. The van der Waals surface area contributed by atoms with Crippen molar-refractivity contribution in [3.8, 4) is 28.1 Å². The number of aromatic amines is 1. The number of amides is 2. The van der Waals surface area contributed by atoms with Crippen molar-refractivity contribution in [2.75, 3.05) is 13.7 Å². The van der Waals surface area contributed by atoms with E-state index in [4.69, 9.17) is 23.8 Å². The number of hydrogen-bond acceptors (Lipinski definition) is 7. The van der Waals surface area contributed by atoms with Gasteiger partial charge in [0.25, 0.3) is 0 Å². The fourth-order valence-electron chi connectivity index (χ4n) is 7.10. The molecule has 2 atom stereocenters. The van der Waals surface area contributed by atoms with Gasteiger partial charge in [0, 0.05) is 23.4 Å². The van der Waals surface area contributed by atoms with E-state index in [1.54, 1.807) is 0 Å². The number of aromatic nitrogens is 2. The lowest BCUT2D eigenvalue weighted by Gasteiger charge is -2.32. The van der Waals surface area contributed by atoms with Gasteiger partial charge in [0.15, 0.2) is 0 Å². The van der Waals surface area contributed by atoms with Crippen LogP contribution in [0.3, 0.4) is 0 Å².